The zero-order chi connectivity index (χ0) is 9.68. The number of nitrogens with zero attached hydrogens (tertiary/aromatic N) is 1. The van der Waals surface area contributed by atoms with Gasteiger partial charge in [-0.1, -0.05) is 0 Å². The summed E-state index contributed by atoms with van der Waals surface area (Å²) >= 11 is 5.32. The van der Waals surface area contributed by atoms with E-state index in [1.54, 1.807) is 18.3 Å². The Bertz CT molecular complexity index is 304. The van der Waals surface area contributed by atoms with Gasteiger partial charge in [0, 0.05) is 6.20 Å². The minimum atomic E-state index is -0.284. The number of hydrogen-bond acceptors (Lipinski definition) is 3. The van der Waals surface area contributed by atoms with Gasteiger partial charge in [0.2, 0.25) is 11.8 Å². The highest BCUT2D eigenvalue weighted by Crippen LogP contribution is 2.19. The number of rotatable bonds is 3. The molecule has 1 rings (SSSR count). The summed E-state index contributed by atoms with van der Waals surface area (Å²) in [5.74, 6) is 0.00634. The van der Waals surface area contributed by atoms with Crippen molar-refractivity contribution in [2.75, 3.05) is 18.3 Å². The Labute approximate surface area is 80.9 Å². The second-order valence-electron chi connectivity index (χ2n) is 2.24. The molecular weight excluding hydrogens is 192 g/mol. The number of alkyl halides is 1. The van der Waals surface area contributed by atoms with Crippen molar-refractivity contribution in [3.05, 3.63) is 18.3 Å². The van der Waals surface area contributed by atoms with Crippen LogP contribution in [-0.2, 0) is 4.79 Å². The number of carbonyl (C=O) groups is 1. The molecule has 0 aliphatic rings. The smallest absolute Gasteiger partial charge is 0.239 e. The Kier molecular flexibility index (Phi) is 3.52. The highest BCUT2D eigenvalue weighted by atomic mass is 35.5. The minimum Gasteiger partial charge on any atom is -0.480 e. The molecule has 0 saturated carbocycles. The van der Waals surface area contributed by atoms with E-state index in [0.717, 1.165) is 0 Å². The molecule has 4 nitrogen and oxygen atoms in total. The Hall–Kier alpha value is -1.29. The molecule has 0 aliphatic carbocycles. The SMILES string of the molecule is COc1ncccc1NC(=O)CCl. The average Bonchev–Trinajstić information content (AvgIpc) is 2.18. The van der Waals surface area contributed by atoms with Gasteiger partial charge in [-0.05, 0) is 12.1 Å². The van der Waals surface area contributed by atoms with E-state index in [9.17, 15) is 4.79 Å². The second kappa shape index (κ2) is 4.67. The van der Waals surface area contributed by atoms with Crippen LogP contribution < -0.4 is 10.1 Å². The Morgan fingerprint density at radius 1 is 1.77 bits per heavy atom. The summed E-state index contributed by atoms with van der Waals surface area (Å²) in [5.41, 5.74) is 0.524. The average molecular weight is 201 g/mol. The first-order valence-corrected chi connectivity index (χ1v) is 4.16. The first kappa shape index (κ1) is 9.80. The van der Waals surface area contributed by atoms with Crippen molar-refractivity contribution >= 4 is 23.2 Å². The van der Waals surface area contributed by atoms with Crippen LogP contribution in [0.5, 0.6) is 5.88 Å². The fourth-order valence-corrected chi connectivity index (χ4v) is 0.899. The first-order chi connectivity index (χ1) is 6.27. The number of carbonyl (C=O) groups excluding carboxylic acids is 1. The largest absolute Gasteiger partial charge is 0.480 e. The van der Waals surface area contributed by atoms with Crippen LogP contribution in [0.2, 0.25) is 0 Å². The quantitative estimate of drug-likeness (QED) is 0.748. The molecular formula is C8H9ClN2O2. The fourth-order valence-electron chi connectivity index (χ4n) is 0.832. The summed E-state index contributed by atoms with van der Waals surface area (Å²) in [6, 6.07) is 3.39. The number of hydrogen-bond donors (Lipinski definition) is 1. The highest BCUT2D eigenvalue weighted by Gasteiger charge is 2.05. The van der Waals surface area contributed by atoms with E-state index in [0.29, 0.717) is 11.6 Å². The maximum absolute atomic E-state index is 10.9. The van der Waals surface area contributed by atoms with Crippen LogP contribution in [0.15, 0.2) is 18.3 Å². The fraction of sp³-hybridized carbons (Fsp3) is 0.250. The van der Waals surface area contributed by atoms with Crippen molar-refractivity contribution in [2.45, 2.75) is 0 Å². The number of halogens is 1. The van der Waals surface area contributed by atoms with Gasteiger partial charge in [0.15, 0.2) is 0 Å². The maximum Gasteiger partial charge on any atom is 0.239 e. The molecule has 0 aromatic carbocycles. The van der Waals surface area contributed by atoms with Crippen LogP contribution in [-0.4, -0.2) is 23.9 Å². The molecule has 0 bridgehead atoms. The van der Waals surface area contributed by atoms with Crippen LogP contribution in [0.4, 0.5) is 5.69 Å². The Morgan fingerprint density at radius 3 is 3.15 bits per heavy atom. The van der Waals surface area contributed by atoms with Crippen LogP contribution in [0.3, 0.4) is 0 Å². The predicted molar refractivity (Wildman–Crippen MR) is 50.1 cm³/mol. The van der Waals surface area contributed by atoms with E-state index in [-0.39, 0.29) is 11.8 Å². The first-order valence-electron chi connectivity index (χ1n) is 3.62. The molecule has 0 aliphatic heterocycles. The molecule has 0 radical (unpaired) electrons. The van der Waals surface area contributed by atoms with Gasteiger partial charge in [-0.2, -0.15) is 0 Å². The number of amides is 1. The molecule has 0 unspecified atom stereocenters. The van der Waals surface area contributed by atoms with E-state index in [2.05, 4.69) is 10.3 Å². The van der Waals surface area contributed by atoms with Crippen molar-refractivity contribution in [3.8, 4) is 5.88 Å². The number of nitrogens with one attached hydrogen (secondary N) is 1. The van der Waals surface area contributed by atoms with Crippen molar-refractivity contribution < 1.29 is 9.53 Å². The number of aromatic nitrogens is 1. The van der Waals surface area contributed by atoms with E-state index < -0.39 is 0 Å². The molecule has 0 saturated heterocycles. The Morgan fingerprint density at radius 2 is 2.54 bits per heavy atom. The lowest BCUT2D eigenvalue weighted by atomic mass is 10.4. The van der Waals surface area contributed by atoms with E-state index in [1.165, 1.54) is 7.11 Å². The van der Waals surface area contributed by atoms with E-state index in [4.69, 9.17) is 16.3 Å². The summed E-state index contributed by atoms with van der Waals surface area (Å²) in [4.78, 5) is 14.8. The van der Waals surface area contributed by atoms with Gasteiger partial charge >= 0.3 is 0 Å². The number of ether oxygens (including phenoxy) is 1. The van der Waals surface area contributed by atoms with Crippen LogP contribution in [0.25, 0.3) is 0 Å². The highest BCUT2D eigenvalue weighted by molar-refractivity contribution is 6.29. The second-order valence-corrected chi connectivity index (χ2v) is 2.51. The summed E-state index contributed by atoms with van der Waals surface area (Å²) in [7, 11) is 1.48. The normalized spacial score (nSPS) is 9.38. The van der Waals surface area contributed by atoms with E-state index in [1.807, 2.05) is 0 Å². The lowest BCUT2D eigenvalue weighted by molar-refractivity contribution is -0.113. The third-order valence-corrected chi connectivity index (χ3v) is 1.60. The monoisotopic (exact) mass is 200 g/mol. The number of pyridine rings is 1. The molecule has 1 aromatic heterocycles. The van der Waals surface area contributed by atoms with Crippen molar-refractivity contribution in [1.82, 2.24) is 4.98 Å². The van der Waals surface area contributed by atoms with Crippen molar-refractivity contribution in [3.63, 3.8) is 0 Å². The van der Waals surface area contributed by atoms with Crippen LogP contribution in [0.1, 0.15) is 0 Å². The third kappa shape index (κ3) is 2.59. The molecule has 1 heterocycles. The third-order valence-electron chi connectivity index (χ3n) is 1.36. The molecule has 70 valence electrons. The van der Waals surface area contributed by atoms with Crippen molar-refractivity contribution in [1.29, 1.82) is 0 Å². The zero-order valence-corrected chi connectivity index (χ0v) is 7.84. The zero-order valence-electron chi connectivity index (χ0n) is 7.08. The molecule has 1 N–H and O–H groups in total. The molecule has 5 heteroatoms. The topological polar surface area (TPSA) is 51.2 Å². The summed E-state index contributed by atoms with van der Waals surface area (Å²) in [6.07, 6.45) is 1.58. The minimum absolute atomic E-state index is 0.0853. The van der Waals surface area contributed by atoms with Gasteiger partial charge < -0.3 is 10.1 Å². The molecule has 0 fully saturated rings. The standard InChI is InChI=1S/C8H9ClN2O2/c1-13-8-6(3-2-4-10-8)11-7(12)5-9/h2-4H,5H2,1H3,(H,11,12). The number of methoxy groups -OCH3 is 1. The molecule has 13 heavy (non-hydrogen) atoms. The molecule has 1 amide bonds. The molecule has 1 aromatic rings. The maximum atomic E-state index is 10.9. The molecule has 0 atom stereocenters. The molecule has 0 spiro atoms. The van der Waals surface area contributed by atoms with E-state index >= 15 is 0 Å². The van der Waals surface area contributed by atoms with Gasteiger partial charge in [0.1, 0.15) is 11.6 Å². The summed E-state index contributed by atoms with van der Waals surface area (Å²) < 4.78 is 4.92. The Balaban J connectivity index is 2.81. The summed E-state index contributed by atoms with van der Waals surface area (Å²) in [5, 5.41) is 2.55. The van der Waals surface area contributed by atoms with Gasteiger partial charge in [0.05, 0.1) is 7.11 Å². The van der Waals surface area contributed by atoms with Crippen molar-refractivity contribution in [2.24, 2.45) is 0 Å². The van der Waals surface area contributed by atoms with Crippen LogP contribution >= 0.6 is 11.6 Å². The van der Waals surface area contributed by atoms with Gasteiger partial charge in [-0.15, -0.1) is 11.6 Å². The van der Waals surface area contributed by atoms with Crippen LogP contribution in [0, 0.1) is 0 Å². The number of anilines is 1. The predicted octanol–water partition coefficient (Wildman–Crippen LogP) is 1.27. The summed E-state index contributed by atoms with van der Waals surface area (Å²) in [6.45, 7) is 0. The lowest BCUT2D eigenvalue weighted by Crippen LogP contribution is -2.13. The van der Waals surface area contributed by atoms with Gasteiger partial charge in [0.25, 0.3) is 0 Å². The lowest BCUT2D eigenvalue weighted by Gasteiger charge is -2.06. The van der Waals surface area contributed by atoms with Gasteiger partial charge in [-0.25, -0.2) is 4.98 Å². The van der Waals surface area contributed by atoms with Gasteiger partial charge in [-0.3, -0.25) is 4.79 Å².